The van der Waals surface area contributed by atoms with Crippen molar-refractivity contribution in [3.8, 4) is 22.6 Å². The largest absolute Gasteiger partial charge is 0.323 e. The number of rotatable bonds is 6. The molecule has 4 aromatic rings. The van der Waals surface area contributed by atoms with Crippen molar-refractivity contribution in [2.75, 3.05) is 10.6 Å². The number of aromatic nitrogens is 2. The summed E-state index contributed by atoms with van der Waals surface area (Å²) < 4.78 is 0. The summed E-state index contributed by atoms with van der Waals surface area (Å²) in [7, 11) is 0. The van der Waals surface area contributed by atoms with E-state index >= 15 is 0 Å². The Balaban J connectivity index is 1.69. The fraction of sp³-hybridized carbons (Fsp3) is 0.207. The minimum Gasteiger partial charge on any atom is -0.307 e. The van der Waals surface area contributed by atoms with E-state index in [9.17, 15) is 4.79 Å². The Morgan fingerprint density at radius 1 is 0.706 bits per heavy atom. The van der Waals surface area contributed by atoms with Crippen molar-refractivity contribution in [3.63, 3.8) is 0 Å². The first kappa shape index (κ1) is 23.2. The predicted molar refractivity (Wildman–Crippen MR) is 140 cm³/mol. The lowest BCUT2D eigenvalue weighted by Gasteiger charge is -2.20. The van der Waals surface area contributed by atoms with Crippen LogP contribution in [0.4, 0.5) is 16.2 Å². The monoisotopic (exact) mass is 450 g/mol. The van der Waals surface area contributed by atoms with Crippen molar-refractivity contribution in [1.29, 1.82) is 0 Å². The van der Waals surface area contributed by atoms with Gasteiger partial charge in [-0.05, 0) is 23.0 Å². The number of hydrogen-bond acceptors (Lipinski definition) is 3. The van der Waals surface area contributed by atoms with Crippen LogP contribution in [0, 0.1) is 0 Å². The molecule has 5 nitrogen and oxygen atoms in total. The summed E-state index contributed by atoms with van der Waals surface area (Å²) >= 11 is 0. The number of carbonyl (C=O) groups is 1. The normalized spacial score (nSPS) is 11.0. The summed E-state index contributed by atoms with van der Waals surface area (Å²) in [6.45, 7) is 8.52. The Morgan fingerprint density at radius 3 is 1.82 bits per heavy atom. The number of hydrogen-bond donors (Lipinski definition) is 2. The molecule has 0 bridgehead atoms. The van der Waals surface area contributed by atoms with Gasteiger partial charge in [-0.15, -0.1) is 0 Å². The fourth-order valence-electron chi connectivity index (χ4n) is 3.98. The third-order valence-corrected chi connectivity index (χ3v) is 5.73. The first-order chi connectivity index (χ1) is 16.4. The predicted octanol–water partition coefficient (Wildman–Crippen LogP) is 7.70. The van der Waals surface area contributed by atoms with E-state index in [0.29, 0.717) is 17.2 Å². The number of amides is 2. The fourth-order valence-corrected chi connectivity index (χ4v) is 3.98. The van der Waals surface area contributed by atoms with Crippen LogP contribution in [0.2, 0.25) is 0 Å². The Bertz CT molecular complexity index is 1240. The maximum atomic E-state index is 13.2. The molecule has 172 valence electrons. The maximum absolute atomic E-state index is 13.2. The van der Waals surface area contributed by atoms with Gasteiger partial charge in [-0.25, -0.2) is 14.8 Å². The van der Waals surface area contributed by atoms with Gasteiger partial charge in [0.15, 0.2) is 5.82 Å². The van der Waals surface area contributed by atoms with Gasteiger partial charge in [0.25, 0.3) is 0 Å². The van der Waals surface area contributed by atoms with Crippen LogP contribution in [-0.2, 0) is 0 Å². The van der Waals surface area contributed by atoms with Crippen molar-refractivity contribution in [2.45, 2.75) is 39.5 Å². The van der Waals surface area contributed by atoms with Crippen molar-refractivity contribution in [2.24, 2.45) is 0 Å². The van der Waals surface area contributed by atoms with Crippen molar-refractivity contribution < 1.29 is 4.79 Å². The third kappa shape index (κ3) is 5.15. The van der Waals surface area contributed by atoms with E-state index in [1.54, 1.807) is 6.20 Å². The summed E-state index contributed by atoms with van der Waals surface area (Å²) in [6.07, 6.45) is 1.68. The molecule has 5 heteroatoms. The molecule has 0 spiro atoms. The summed E-state index contributed by atoms with van der Waals surface area (Å²) in [5, 5.41) is 6.10. The average Bonchev–Trinajstić information content (AvgIpc) is 2.85. The first-order valence-electron chi connectivity index (χ1n) is 11.6. The zero-order valence-electron chi connectivity index (χ0n) is 20.0. The molecule has 2 N–H and O–H groups in total. The van der Waals surface area contributed by atoms with Crippen LogP contribution in [0.25, 0.3) is 22.6 Å². The Hall–Kier alpha value is -3.99. The molecular weight excluding hydrogens is 420 g/mol. The van der Waals surface area contributed by atoms with Crippen molar-refractivity contribution in [3.05, 3.63) is 96.2 Å². The second-order valence-electron chi connectivity index (χ2n) is 8.89. The average molecular weight is 451 g/mol. The second kappa shape index (κ2) is 10.3. The SMILES string of the molecule is CC(C)c1cccc(C(C)C)c1NC(=O)Nc1cnc(-c2ccccc2)nc1-c1ccccc1. The zero-order valence-corrected chi connectivity index (χ0v) is 20.0. The number of nitrogens with zero attached hydrogens (tertiary/aromatic N) is 2. The standard InChI is InChI=1S/C29H30N4O/c1-19(2)23-16-11-17-24(20(3)4)27(23)33-29(34)31-25-18-30-28(22-14-9-6-10-15-22)32-26(25)21-12-7-5-8-13-21/h5-20H,1-4H3,(H2,31,33,34). The molecule has 0 aliphatic rings. The lowest BCUT2D eigenvalue weighted by Crippen LogP contribution is -2.22. The molecule has 3 aromatic carbocycles. The van der Waals surface area contributed by atoms with E-state index < -0.39 is 0 Å². The van der Waals surface area contributed by atoms with Gasteiger partial charge in [-0.2, -0.15) is 0 Å². The van der Waals surface area contributed by atoms with Gasteiger partial charge >= 0.3 is 6.03 Å². The lowest BCUT2D eigenvalue weighted by atomic mass is 9.93. The van der Waals surface area contributed by atoms with Gasteiger partial charge in [0, 0.05) is 16.8 Å². The zero-order chi connectivity index (χ0) is 24.1. The van der Waals surface area contributed by atoms with Gasteiger partial charge in [-0.1, -0.05) is 107 Å². The van der Waals surface area contributed by atoms with Crippen LogP contribution in [0.3, 0.4) is 0 Å². The van der Waals surface area contributed by atoms with Crippen LogP contribution < -0.4 is 10.6 Å². The molecule has 2 amide bonds. The van der Waals surface area contributed by atoms with Crippen molar-refractivity contribution >= 4 is 17.4 Å². The van der Waals surface area contributed by atoms with Gasteiger partial charge in [0.2, 0.25) is 0 Å². The molecule has 4 rings (SSSR count). The van der Waals surface area contributed by atoms with Crippen LogP contribution in [0.5, 0.6) is 0 Å². The highest BCUT2D eigenvalue weighted by molar-refractivity contribution is 6.02. The van der Waals surface area contributed by atoms with Gasteiger partial charge in [0.05, 0.1) is 17.6 Å². The quantitative estimate of drug-likeness (QED) is 0.316. The topological polar surface area (TPSA) is 66.9 Å². The Kier molecular flexibility index (Phi) is 7.02. The van der Waals surface area contributed by atoms with Crippen molar-refractivity contribution in [1.82, 2.24) is 9.97 Å². The highest BCUT2D eigenvalue weighted by atomic mass is 16.2. The second-order valence-corrected chi connectivity index (χ2v) is 8.89. The lowest BCUT2D eigenvalue weighted by molar-refractivity contribution is 0.262. The van der Waals surface area contributed by atoms with E-state index in [1.165, 1.54) is 0 Å². The van der Waals surface area contributed by atoms with E-state index in [4.69, 9.17) is 4.98 Å². The Morgan fingerprint density at radius 2 is 1.26 bits per heavy atom. The molecule has 0 unspecified atom stereocenters. The molecule has 0 aliphatic carbocycles. The molecule has 0 saturated carbocycles. The molecule has 1 aromatic heterocycles. The summed E-state index contributed by atoms with van der Waals surface area (Å²) in [4.78, 5) is 22.5. The van der Waals surface area contributed by atoms with E-state index in [1.807, 2.05) is 60.7 Å². The molecule has 0 aliphatic heterocycles. The number of urea groups is 1. The molecule has 1 heterocycles. The molecular formula is C29H30N4O. The maximum Gasteiger partial charge on any atom is 0.323 e. The summed E-state index contributed by atoms with van der Waals surface area (Å²) in [6, 6.07) is 25.5. The molecule has 0 atom stereocenters. The van der Waals surface area contributed by atoms with Crippen LogP contribution in [-0.4, -0.2) is 16.0 Å². The van der Waals surface area contributed by atoms with Crippen LogP contribution >= 0.6 is 0 Å². The molecule has 34 heavy (non-hydrogen) atoms. The number of para-hydroxylation sites is 1. The van der Waals surface area contributed by atoms with E-state index in [2.05, 4.69) is 61.5 Å². The number of nitrogens with one attached hydrogen (secondary N) is 2. The number of anilines is 2. The smallest absolute Gasteiger partial charge is 0.307 e. The van der Waals surface area contributed by atoms with E-state index in [-0.39, 0.29) is 17.9 Å². The highest BCUT2D eigenvalue weighted by Gasteiger charge is 2.18. The third-order valence-electron chi connectivity index (χ3n) is 5.73. The van der Waals surface area contributed by atoms with E-state index in [0.717, 1.165) is 27.9 Å². The number of carbonyl (C=O) groups excluding carboxylic acids is 1. The van der Waals surface area contributed by atoms with Gasteiger partial charge in [0.1, 0.15) is 0 Å². The number of benzene rings is 3. The molecule has 0 saturated heterocycles. The molecule has 0 fully saturated rings. The minimum absolute atomic E-state index is 0.280. The van der Waals surface area contributed by atoms with Gasteiger partial charge < -0.3 is 10.6 Å². The molecule has 0 radical (unpaired) electrons. The Labute approximate surface area is 201 Å². The summed E-state index contributed by atoms with van der Waals surface area (Å²) in [5.74, 6) is 1.17. The van der Waals surface area contributed by atoms with Gasteiger partial charge in [-0.3, -0.25) is 0 Å². The van der Waals surface area contributed by atoms with Crippen LogP contribution in [0.15, 0.2) is 85.1 Å². The summed E-state index contributed by atoms with van der Waals surface area (Å²) in [5.41, 5.74) is 6.14. The minimum atomic E-state index is -0.316. The first-order valence-corrected chi connectivity index (χ1v) is 11.6. The highest BCUT2D eigenvalue weighted by Crippen LogP contribution is 2.33. The van der Waals surface area contributed by atoms with Crippen LogP contribution in [0.1, 0.15) is 50.7 Å².